The lowest BCUT2D eigenvalue weighted by molar-refractivity contribution is 0.187. The number of hydrogen-bond acceptors (Lipinski definition) is 4. The van der Waals surface area contributed by atoms with E-state index in [1.165, 1.54) is 18.4 Å². The first-order chi connectivity index (χ1) is 14.6. The van der Waals surface area contributed by atoms with Gasteiger partial charge in [0.15, 0.2) is 5.96 Å². The SMILES string of the molecule is CCNC(=NCc1ccc(NC(=O)OC)cc1)NC1CCN(c2ccc(C)cc2)C1.I. The minimum absolute atomic E-state index is 0. The van der Waals surface area contributed by atoms with Gasteiger partial charge in [0, 0.05) is 37.1 Å². The predicted molar refractivity (Wildman–Crippen MR) is 138 cm³/mol. The Balaban J connectivity index is 0.00000341. The number of amides is 1. The van der Waals surface area contributed by atoms with Crippen LogP contribution in [0.4, 0.5) is 16.2 Å². The molecule has 2 aromatic carbocycles. The van der Waals surface area contributed by atoms with Crippen molar-refractivity contribution in [2.75, 3.05) is 37.0 Å². The van der Waals surface area contributed by atoms with Crippen molar-refractivity contribution in [2.45, 2.75) is 32.9 Å². The molecule has 0 bridgehead atoms. The van der Waals surface area contributed by atoms with E-state index in [9.17, 15) is 4.79 Å². The molecule has 1 atom stereocenters. The fraction of sp³-hybridized carbons (Fsp3) is 0.391. The first kappa shape index (κ1) is 24.8. The molecule has 1 aliphatic heterocycles. The van der Waals surface area contributed by atoms with E-state index in [1.807, 2.05) is 24.3 Å². The summed E-state index contributed by atoms with van der Waals surface area (Å²) in [6.07, 6.45) is 0.599. The van der Waals surface area contributed by atoms with Crippen LogP contribution in [0.15, 0.2) is 53.5 Å². The average Bonchev–Trinajstić information content (AvgIpc) is 3.22. The van der Waals surface area contributed by atoms with Crippen LogP contribution in [0.1, 0.15) is 24.5 Å². The minimum Gasteiger partial charge on any atom is -0.453 e. The molecule has 168 valence electrons. The van der Waals surface area contributed by atoms with Gasteiger partial charge in [-0.25, -0.2) is 9.79 Å². The van der Waals surface area contributed by atoms with E-state index >= 15 is 0 Å². The third-order valence-corrected chi connectivity index (χ3v) is 5.08. The van der Waals surface area contributed by atoms with Gasteiger partial charge >= 0.3 is 6.09 Å². The molecule has 1 aliphatic rings. The Hall–Kier alpha value is -2.49. The Morgan fingerprint density at radius 1 is 1.16 bits per heavy atom. The van der Waals surface area contributed by atoms with Crippen molar-refractivity contribution in [3.63, 3.8) is 0 Å². The van der Waals surface area contributed by atoms with E-state index in [0.29, 0.717) is 18.3 Å². The van der Waals surface area contributed by atoms with Gasteiger partial charge in [0.25, 0.3) is 0 Å². The molecule has 8 heteroatoms. The zero-order valence-corrected chi connectivity index (χ0v) is 20.7. The molecule has 0 aromatic heterocycles. The van der Waals surface area contributed by atoms with E-state index < -0.39 is 6.09 Å². The van der Waals surface area contributed by atoms with E-state index in [2.05, 4.69) is 63.7 Å². The molecule has 7 nitrogen and oxygen atoms in total. The Bertz CT molecular complexity index is 855. The van der Waals surface area contributed by atoms with E-state index in [1.54, 1.807) is 0 Å². The largest absolute Gasteiger partial charge is 0.453 e. The van der Waals surface area contributed by atoms with Gasteiger partial charge in [0.05, 0.1) is 13.7 Å². The van der Waals surface area contributed by atoms with Crippen molar-refractivity contribution in [3.05, 3.63) is 59.7 Å². The number of ether oxygens (including phenoxy) is 1. The molecule has 2 aromatic rings. The summed E-state index contributed by atoms with van der Waals surface area (Å²) in [4.78, 5) is 18.4. The Morgan fingerprint density at radius 3 is 2.52 bits per heavy atom. The number of nitrogens with zero attached hydrogens (tertiary/aromatic N) is 2. The lowest BCUT2D eigenvalue weighted by Gasteiger charge is -2.20. The molecule has 1 saturated heterocycles. The van der Waals surface area contributed by atoms with Gasteiger partial charge in [-0.3, -0.25) is 5.32 Å². The van der Waals surface area contributed by atoms with Crippen molar-refractivity contribution in [2.24, 2.45) is 4.99 Å². The zero-order chi connectivity index (χ0) is 21.3. The van der Waals surface area contributed by atoms with Crippen LogP contribution < -0.4 is 20.9 Å². The van der Waals surface area contributed by atoms with Crippen LogP contribution in [-0.2, 0) is 11.3 Å². The quantitative estimate of drug-likeness (QED) is 0.294. The third kappa shape index (κ3) is 7.61. The summed E-state index contributed by atoms with van der Waals surface area (Å²) in [5.74, 6) is 0.824. The van der Waals surface area contributed by atoms with Crippen molar-refractivity contribution >= 4 is 47.4 Å². The van der Waals surface area contributed by atoms with Crippen LogP contribution in [0.5, 0.6) is 0 Å². The monoisotopic (exact) mass is 537 g/mol. The topological polar surface area (TPSA) is 78.0 Å². The third-order valence-electron chi connectivity index (χ3n) is 5.08. The molecule has 3 rings (SSSR count). The number of nitrogens with one attached hydrogen (secondary N) is 3. The summed E-state index contributed by atoms with van der Waals surface area (Å²) in [7, 11) is 1.35. The maximum atomic E-state index is 11.3. The summed E-state index contributed by atoms with van der Waals surface area (Å²) in [6, 6.07) is 16.7. The highest BCUT2D eigenvalue weighted by molar-refractivity contribution is 14.0. The summed E-state index contributed by atoms with van der Waals surface area (Å²) >= 11 is 0. The molecule has 1 heterocycles. The van der Waals surface area contributed by atoms with Gasteiger partial charge in [-0.05, 0) is 50.1 Å². The van der Waals surface area contributed by atoms with Gasteiger partial charge in [-0.15, -0.1) is 24.0 Å². The van der Waals surface area contributed by atoms with Crippen molar-refractivity contribution in [1.82, 2.24) is 10.6 Å². The number of aryl methyl sites for hydroxylation is 1. The molecular formula is C23H32IN5O2. The first-order valence-electron chi connectivity index (χ1n) is 10.4. The van der Waals surface area contributed by atoms with Gasteiger partial charge in [-0.1, -0.05) is 29.8 Å². The Labute approximate surface area is 201 Å². The summed E-state index contributed by atoms with van der Waals surface area (Å²) in [5.41, 5.74) is 4.31. The van der Waals surface area contributed by atoms with Crippen molar-refractivity contribution in [1.29, 1.82) is 0 Å². The molecule has 1 unspecified atom stereocenters. The standard InChI is InChI=1S/C23H31N5O2.HI/c1-4-24-22(25-15-18-7-9-19(10-8-18)27-23(29)30-3)26-20-13-14-28(16-20)21-11-5-17(2)6-12-21;/h5-12,20H,4,13-16H2,1-3H3,(H,27,29)(H2,24,25,26);1H. The normalized spacial score (nSPS) is 15.8. The number of halogens is 1. The summed E-state index contributed by atoms with van der Waals surface area (Å²) in [5, 5.41) is 9.55. The number of carbonyl (C=O) groups is 1. The number of rotatable bonds is 6. The maximum absolute atomic E-state index is 11.3. The van der Waals surface area contributed by atoms with E-state index in [-0.39, 0.29) is 24.0 Å². The number of methoxy groups -OCH3 is 1. The van der Waals surface area contributed by atoms with Crippen LogP contribution in [0.3, 0.4) is 0 Å². The van der Waals surface area contributed by atoms with Crippen LogP contribution in [-0.4, -0.2) is 44.8 Å². The van der Waals surface area contributed by atoms with Crippen LogP contribution in [0.25, 0.3) is 0 Å². The predicted octanol–water partition coefficient (Wildman–Crippen LogP) is 4.13. The summed E-state index contributed by atoms with van der Waals surface area (Å²) in [6.45, 7) is 7.54. The fourth-order valence-corrected chi connectivity index (χ4v) is 3.41. The van der Waals surface area contributed by atoms with Crippen molar-refractivity contribution < 1.29 is 9.53 Å². The number of aliphatic imine (C=N–C) groups is 1. The van der Waals surface area contributed by atoms with Crippen molar-refractivity contribution in [3.8, 4) is 0 Å². The molecule has 0 radical (unpaired) electrons. The molecule has 31 heavy (non-hydrogen) atoms. The van der Waals surface area contributed by atoms with Crippen LogP contribution >= 0.6 is 24.0 Å². The number of hydrogen-bond donors (Lipinski definition) is 3. The molecule has 0 aliphatic carbocycles. The van der Waals surface area contributed by atoms with E-state index in [0.717, 1.165) is 37.6 Å². The highest BCUT2D eigenvalue weighted by Crippen LogP contribution is 2.20. The summed E-state index contributed by atoms with van der Waals surface area (Å²) < 4.78 is 4.60. The molecule has 0 spiro atoms. The van der Waals surface area contributed by atoms with E-state index in [4.69, 9.17) is 4.99 Å². The average molecular weight is 537 g/mol. The number of anilines is 2. The van der Waals surface area contributed by atoms with Gasteiger partial charge in [-0.2, -0.15) is 0 Å². The molecule has 1 fully saturated rings. The fourth-order valence-electron chi connectivity index (χ4n) is 3.41. The molecular weight excluding hydrogens is 505 g/mol. The van der Waals surface area contributed by atoms with Gasteiger partial charge in [0.1, 0.15) is 0 Å². The first-order valence-corrected chi connectivity index (χ1v) is 10.4. The maximum Gasteiger partial charge on any atom is 0.411 e. The molecule has 3 N–H and O–H groups in total. The highest BCUT2D eigenvalue weighted by atomic mass is 127. The second-order valence-corrected chi connectivity index (χ2v) is 7.42. The lowest BCUT2D eigenvalue weighted by atomic mass is 10.2. The Kier molecular flexibility index (Phi) is 9.90. The number of carbonyl (C=O) groups excluding carboxylic acids is 1. The highest BCUT2D eigenvalue weighted by Gasteiger charge is 2.23. The van der Waals surface area contributed by atoms with Gasteiger partial charge < -0.3 is 20.3 Å². The Morgan fingerprint density at radius 2 is 1.87 bits per heavy atom. The number of benzene rings is 2. The molecule has 1 amide bonds. The number of guanidine groups is 1. The zero-order valence-electron chi connectivity index (χ0n) is 18.4. The second kappa shape index (κ2) is 12.4. The minimum atomic E-state index is -0.476. The smallest absolute Gasteiger partial charge is 0.411 e. The van der Waals surface area contributed by atoms with Crippen LogP contribution in [0, 0.1) is 6.92 Å². The lowest BCUT2D eigenvalue weighted by Crippen LogP contribution is -2.44. The second-order valence-electron chi connectivity index (χ2n) is 7.42. The van der Waals surface area contributed by atoms with Crippen LogP contribution in [0.2, 0.25) is 0 Å². The van der Waals surface area contributed by atoms with Gasteiger partial charge in [0.2, 0.25) is 0 Å². The molecule has 0 saturated carbocycles.